The Morgan fingerprint density at radius 3 is 2.17 bits per heavy atom. The summed E-state index contributed by atoms with van der Waals surface area (Å²) in [7, 11) is 0. The zero-order valence-electron chi connectivity index (χ0n) is 21.2. The molecule has 1 atom stereocenters. The van der Waals surface area contributed by atoms with Crippen LogP contribution in [0.4, 0.5) is 0 Å². The Morgan fingerprint density at radius 1 is 0.889 bits per heavy atom. The van der Waals surface area contributed by atoms with Crippen molar-refractivity contribution in [1.82, 2.24) is 10.2 Å². The highest BCUT2D eigenvalue weighted by Gasteiger charge is 2.32. The average Bonchev–Trinajstić information content (AvgIpc) is 3.35. The zero-order valence-corrected chi connectivity index (χ0v) is 21.9. The van der Waals surface area contributed by atoms with Gasteiger partial charge >= 0.3 is 0 Å². The lowest BCUT2D eigenvalue weighted by Crippen LogP contribution is -2.52. The molecular weight excluding hydrogens is 468 g/mol. The Bertz CT molecular complexity index is 1150. The van der Waals surface area contributed by atoms with Gasteiger partial charge < -0.3 is 10.2 Å². The van der Waals surface area contributed by atoms with Crippen LogP contribution in [0.1, 0.15) is 53.5 Å². The number of benzene rings is 3. The van der Waals surface area contributed by atoms with Crippen LogP contribution in [0.25, 0.3) is 0 Å². The summed E-state index contributed by atoms with van der Waals surface area (Å²) in [6, 6.07) is 23.2. The van der Waals surface area contributed by atoms with E-state index in [0.717, 1.165) is 53.5 Å². The number of halogens is 1. The molecule has 4 nitrogen and oxygen atoms in total. The molecule has 0 heterocycles. The topological polar surface area (TPSA) is 49.4 Å². The van der Waals surface area contributed by atoms with E-state index in [9.17, 15) is 9.59 Å². The Hall–Kier alpha value is -3.11. The number of carbonyl (C=O) groups is 2. The maximum atomic E-state index is 13.9. The summed E-state index contributed by atoms with van der Waals surface area (Å²) < 4.78 is 0. The van der Waals surface area contributed by atoms with Crippen molar-refractivity contribution in [2.45, 2.75) is 71.0 Å². The van der Waals surface area contributed by atoms with Crippen molar-refractivity contribution in [2.24, 2.45) is 0 Å². The molecule has 1 N–H and O–H groups in total. The third-order valence-corrected chi connectivity index (χ3v) is 7.13. The van der Waals surface area contributed by atoms with Crippen LogP contribution in [0.3, 0.4) is 0 Å². The number of rotatable bonds is 9. The van der Waals surface area contributed by atoms with Crippen LogP contribution in [0.5, 0.6) is 0 Å². The fourth-order valence-electron chi connectivity index (χ4n) is 5.16. The largest absolute Gasteiger partial charge is 0.352 e. The highest BCUT2D eigenvalue weighted by molar-refractivity contribution is 6.30. The molecule has 4 rings (SSSR count). The van der Waals surface area contributed by atoms with Crippen LogP contribution >= 0.6 is 11.6 Å². The van der Waals surface area contributed by atoms with Crippen molar-refractivity contribution in [1.29, 1.82) is 0 Å². The summed E-state index contributed by atoms with van der Waals surface area (Å²) in [6.07, 6.45) is 4.97. The second-order valence-corrected chi connectivity index (χ2v) is 10.5. The average molecular weight is 503 g/mol. The Balaban J connectivity index is 1.66. The standard InChI is InChI=1S/C31H35ClN2O2/c1-22-16-23(2)18-26(17-22)20-30(35)34(21-25-12-14-27(32)15-13-25)29(19-24-8-4-3-5-9-24)31(36)33-28-10-6-7-11-28/h3-5,8-9,12-18,28-29H,6-7,10-11,19-21H2,1-2H3,(H,33,36)/t29-/m0/s1. The van der Waals surface area contributed by atoms with Gasteiger partial charge in [0.15, 0.2) is 0 Å². The summed E-state index contributed by atoms with van der Waals surface area (Å²) in [4.78, 5) is 29.4. The fraction of sp³-hybridized carbons (Fsp3) is 0.355. The summed E-state index contributed by atoms with van der Waals surface area (Å²) in [5, 5.41) is 3.90. The Kier molecular flexibility index (Phi) is 8.82. The van der Waals surface area contributed by atoms with Gasteiger partial charge in [-0.3, -0.25) is 9.59 Å². The van der Waals surface area contributed by atoms with Gasteiger partial charge in [0, 0.05) is 24.0 Å². The number of carbonyl (C=O) groups excluding carboxylic acids is 2. The van der Waals surface area contributed by atoms with Gasteiger partial charge in [-0.15, -0.1) is 0 Å². The molecule has 36 heavy (non-hydrogen) atoms. The first-order valence-corrected chi connectivity index (χ1v) is 13.2. The van der Waals surface area contributed by atoms with Crippen molar-refractivity contribution in [3.05, 3.63) is 106 Å². The number of hydrogen-bond acceptors (Lipinski definition) is 2. The minimum atomic E-state index is -0.609. The molecule has 0 bridgehead atoms. The first-order valence-electron chi connectivity index (χ1n) is 12.8. The maximum absolute atomic E-state index is 13.9. The number of hydrogen-bond donors (Lipinski definition) is 1. The van der Waals surface area contributed by atoms with Gasteiger partial charge in [0.1, 0.15) is 6.04 Å². The van der Waals surface area contributed by atoms with Gasteiger partial charge in [-0.25, -0.2) is 0 Å². The monoisotopic (exact) mass is 502 g/mol. The lowest BCUT2D eigenvalue weighted by molar-refractivity contribution is -0.141. The van der Waals surface area contributed by atoms with Gasteiger partial charge in [-0.05, 0) is 55.5 Å². The molecular formula is C31H35ClN2O2. The van der Waals surface area contributed by atoms with Crippen molar-refractivity contribution < 1.29 is 9.59 Å². The molecule has 1 fully saturated rings. The van der Waals surface area contributed by atoms with E-state index in [-0.39, 0.29) is 24.3 Å². The summed E-state index contributed by atoms with van der Waals surface area (Å²) in [5.41, 5.74) is 5.20. The predicted molar refractivity (Wildman–Crippen MR) is 146 cm³/mol. The molecule has 0 spiro atoms. The number of nitrogens with zero attached hydrogens (tertiary/aromatic N) is 1. The van der Waals surface area contributed by atoms with Gasteiger partial charge in [-0.1, -0.05) is 96.2 Å². The molecule has 3 aromatic carbocycles. The lowest BCUT2D eigenvalue weighted by atomic mass is 10.00. The fourth-order valence-corrected chi connectivity index (χ4v) is 5.28. The van der Waals surface area contributed by atoms with E-state index in [0.29, 0.717) is 18.0 Å². The molecule has 188 valence electrons. The van der Waals surface area contributed by atoms with E-state index in [1.54, 1.807) is 4.90 Å². The minimum absolute atomic E-state index is 0.0579. The lowest BCUT2D eigenvalue weighted by Gasteiger charge is -2.32. The highest BCUT2D eigenvalue weighted by Crippen LogP contribution is 2.21. The zero-order chi connectivity index (χ0) is 25.5. The van der Waals surface area contributed by atoms with Gasteiger partial charge in [0.25, 0.3) is 0 Å². The van der Waals surface area contributed by atoms with E-state index in [4.69, 9.17) is 11.6 Å². The van der Waals surface area contributed by atoms with Crippen LogP contribution in [0, 0.1) is 13.8 Å². The van der Waals surface area contributed by atoms with Crippen molar-refractivity contribution in [3.63, 3.8) is 0 Å². The van der Waals surface area contributed by atoms with Crippen LogP contribution in [0.2, 0.25) is 5.02 Å². The summed E-state index contributed by atoms with van der Waals surface area (Å²) in [6.45, 7) is 4.43. The quantitative estimate of drug-likeness (QED) is 0.379. The molecule has 3 aromatic rings. The maximum Gasteiger partial charge on any atom is 0.243 e. The Morgan fingerprint density at radius 2 is 1.53 bits per heavy atom. The molecule has 2 amide bonds. The molecule has 0 aliphatic heterocycles. The second kappa shape index (κ2) is 12.2. The molecule has 0 saturated heterocycles. The van der Waals surface area contributed by atoms with Crippen LogP contribution in [0.15, 0.2) is 72.8 Å². The van der Waals surface area contributed by atoms with E-state index < -0.39 is 6.04 Å². The molecule has 1 aliphatic rings. The molecule has 1 saturated carbocycles. The van der Waals surface area contributed by atoms with E-state index in [2.05, 4.69) is 23.5 Å². The molecule has 0 unspecified atom stereocenters. The molecule has 5 heteroatoms. The van der Waals surface area contributed by atoms with Gasteiger partial charge in [-0.2, -0.15) is 0 Å². The molecule has 0 aromatic heterocycles. The summed E-state index contributed by atoms with van der Waals surface area (Å²) >= 11 is 6.12. The van der Waals surface area contributed by atoms with E-state index in [1.807, 2.05) is 68.4 Å². The van der Waals surface area contributed by atoms with Gasteiger partial charge in [0.05, 0.1) is 6.42 Å². The number of aryl methyl sites for hydroxylation is 2. The minimum Gasteiger partial charge on any atom is -0.352 e. The first kappa shape index (κ1) is 26.0. The smallest absolute Gasteiger partial charge is 0.243 e. The van der Waals surface area contributed by atoms with Crippen LogP contribution < -0.4 is 5.32 Å². The van der Waals surface area contributed by atoms with Crippen LogP contribution in [-0.4, -0.2) is 28.8 Å². The number of amides is 2. The third kappa shape index (κ3) is 7.20. The first-order chi connectivity index (χ1) is 17.4. The van der Waals surface area contributed by atoms with E-state index in [1.165, 1.54) is 0 Å². The second-order valence-electron chi connectivity index (χ2n) is 10.0. The Labute approximate surface area is 219 Å². The van der Waals surface area contributed by atoms with E-state index >= 15 is 0 Å². The van der Waals surface area contributed by atoms with Crippen molar-refractivity contribution in [2.75, 3.05) is 0 Å². The number of nitrogens with one attached hydrogen (secondary N) is 1. The summed E-state index contributed by atoms with van der Waals surface area (Å²) in [5.74, 6) is -0.133. The molecule has 0 radical (unpaired) electrons. The van der Waals surface area contributed by atoms with Crippen molar-refractivity contribution in [3.8, 4) is 0 Å². The molecule has 1 aliphatic carbocycles. The van der Waals surface area contributed by atoms with Crippen molar-refractivity contribution >= 4 is 23.4 Å². The SMILES string of the molecule is Cc1cc(C)cc(CC(=O)N(Cc2ccc(Cl)cc2)[C@@H](Cc2ccccc2)C(=O)NC2CCCC2)c1. The normalized spacial score (nSPS) is 14.4. The third-order valence-electron chi connectivity index (χ3n) is 6.88. The van der Waals surface area contributed by atoms with Crippen LogP contribution in [-0.2, 0) is 29.0 Å². The van der Waals surface area contributed by atoms with Gasteiger partial charge in [0.2, 0.25) is 11.8 Å². The highest BCUT2D eigenvalue weighted by atomic mass is 35.5. The predicted octanol–water partition coefficient (Wildman–Crippen LogP) is 6.20.